The Balaban J connectivity index is 1.82. The maximum Gasteiger partial charge on any atom is 0.329 e. The summed E-state index contributed by atoms with van der Waals surface area (Å²) >= 11 is 0. The number of ether oxygens (including phenoxy) is 1. The van der Waals surface area contributed by atoms with Crippen LogP contribution in [-0.4, -0.2) is 28.8 Å². The van der Waals surface area contributed by atoms with Gasteiger partial charge in [-0.15, -0.1) is 0 Å². The molecule has 25 heavy (non-hydrogen) atoms. The summed E-state index contributed by atoms with van der Waals surface area (Å²) in [6.07, 6.45) is 6.21. The molecule has 1 aromatic carbocycles. The van der Waals surface area contributed by atoms with E-state index in [1.807, 2.05) is 0 Å². The zero-order valence-electron chi connectivity index (χ0n) is 14.0. The first-order valence-electron chi connectivity index (χ1n) is 8.96. The number of halogens is 1. The summed E-state index contributed by atoms with van der Waals surface area (Å²) in [5.41, 5.74) is -0.206. The molecule has 2 aromatic rings. The van der Waals surface area contributed by atoms with Crippen molar-refractivity contribution in [1.82, 2.24) is 9.55 Å². The van der Waals surface area contributed by atoms with Gasteiger partial charge < -0.3 is 10.1 Å². The molecule has 134 valence electrons. The number of rotatable bonds is 3. The molecule has 4 rings (SSSR count). The van der Waals surface area contributed by atoms with E-state index in [0.717, 1.165) is 25.7 Å². The van der Waals surface area contributed by atoms with E-state index in [-0.39, 0.29) is 17.5 Å². The van der Waals surface area contributed by atoms with Gasteiger partial charge in [-0.2, -0.15) is 0 Å². The number of hydrogen-bond donors (Lipinski definition) is 2. The predicted octanol–water partition coefficient (Wildman–Crippen LogP) is 2.53. The van der Waals surface area contributed by atoms with Crippen molar-refractivity contribution < 1.29 is 9.13 Å². The minimum absolute atomic E-state index is 0.139. The van der Waals surface area contributed by atoms with E-state index in [1.54, 1.807) is 6.07 Å². The zero-order chi connectivity index (χ0) is 17.4. The topological polar surface area (TPSA) is 76.1 Å². The number of nitrogens with zero attached hydrogens (tertiary/aromatic N) is 1. The fourth-order valence-electron chi connectivity index (χ4n) is 3.94. The summed E-state index contributed by atoms with van der Waals surface area (Å²) in [5.74, 6) is -0.462. The van der Waals surface area contributed by atoms with Crippen molar-refractivity contribution in [2.75, 3.05) is 18.5 Å². The lowest BCUT2D eigenvalue weighted by Gasteiger charge is -2.24. The van der Waals surface area contributed by atoms with E-state index in [2.05, 4.69) is 10.3 Å². The monoisotopic (exact) mass is 347 g/mol. The first kappa shape index (κ1) is 16.3. The number of fused-ring (bicyclic) bond motifs is 1. The second-order valence-electron chi connectivity index (χ2n) is 6.98. The average molecular weight is 347 g/mol. The lowest BCUT2D eigenvalue weighted by atomic mass is 9.95. The van der Waals surface area contributed by atoms with Crippen LogP contribution in [-0.2, 0) is 4.74 Å². The number of hydrogen-bond acceptors (Lipinski definition) is 4. The van der Waals surface area contributed by atoms with E-state index >= 15 is 0 Å². The summed E-state index contributed by atoms with van der Waals surface area (Å²) in [6, 6.07) is 2.93. The number of anilines is 1. The van der Waals surface area contributed by atoms with Gasteiger partial charge in [-0.05, 0) is 31.4 Å². The molecule has 1 atom stereocenters. The molecule has 1 saturated heterocycles. The second kappa shape index (κ2) is 6.63. The molecule has 0 spiro atoms. The van der Waals surface area contributed by atoms with Crippen LogP contribution in [0.2, 0.25) is 0 Å². The molecule has 1 aliphatic carbocycles. The van der Waals surface area contributed by atoms with Crippen LogP contribution < -0.4 is 16.6 Å². The normalized spacial score (nSPS) is 21.7. The molecular formula is C18H22FN3O3. The molecule has 2 fully saturated rings. The van der Waals surface area contributed by atoms with E-state index in [9.17, 15) is 14.0 Å². The highest BCUT2D eigenvalue weighted by atomic mass is 19.1. The Morgan fingerprint density at radius 3 is 2.68 bits per heavy atom. The van der Waals surface area contributed by atoms with Gasteiger partial charge in [0.05, 0.1) is 29.2 Å². The third-order valence-electron chi connectivity index (χ3n) is 5.26. The van der Waals surface area contributed by atoms with Gasteiger partial charge in [0.1, 0.15) is 5.82 Å². The van der Waals surface area contributed by atoms with Crippen LogP contribution in [0, 0.1) is 5.82 Å². The van der Waals surface area contributed by atoms with Gasteiger partial charge >= 0.3 is 5.69 Å². The standard InChI is InChI=1S/C18H22FN3O3/c19-14-8-13-16(9-15(14)20-11-4-2-1-3-5-11)22(12-6-7-25-10-12)18(24)21-17(13)23/h8-9,11-12,20H,1-7,10H2,(H,21,23,24)/t12-/m1/s1. The summed E-state index contributed by atoms with van der Waals surface area (Å²) in [6.45, 7) is 0.996. The van der Waals surface area contributed by atoms with Crippen LogP contribution in [0.4, 0.5) is 10.1 Å². The molecule has 7 heteroatoms. The molecule has 2 N–H and O–H groups in total. The quantitative estimate of drug-likeness (QED) is 0.895. The minimum atomic E-state index is -0.557. The summed E-state index contributed by atoms with van der Waals surface area (Å²) in [5, 5.41) is 3.46. The van der Waals surface area contributed by atoms with Crippen LogP contribution in [0.3, 0.4) is 0 Å². The lowest BCUT2D eigenvalue weighted by molar-refractivity contribution is 0.186. The van der Waals surface area contributed by atoms with Crippen molar-refractivity contribution in [2.45, 2.75) is 50.6 Å². The van der Waals surface area contributed by atoms with Gasteiger partial charge in [-0.1, -0.05) is 19.3 Å². The van der Waals surface area contributed by atoms with E-state index in [0.29, 0.717) is 30.8 Å². The van der Waals surface area contributed by atoms with Crippen LogP contribution in [0.5, 0.6) is 0 Å². The van der Waals surface area contributed by atoms with E-state index < -0.39 is 17.1 Å². The van der Waals surface area contributed by atoms with Gasteiger partial charge in [0.15, 0.2) is 0 Å². The fraction of sp³-hybridized carbons (Fsp3) is 0.556. The Morgan fingerprint density at radius 2 is 1.96 bits per heavy atom. The van der Waals surface area contributed by atoms with Crippen molar-refractivity contribution in [2.24, 2.45) is 0 Å². The van der Waals surface area contributed by atoms with Crippen LogP contribution in [0.25, 0.3) is 10.9 Å². The van der Waals surface area contributed by atoms with E-state index in [4.69, 9.17) is 4.74 Å². The largest absolute Gasteiger partial charge is 0.380 e. The second-order valence-corrected chi connectivity index (χ2v) is 6.98. The minimum Gasteiger partial charge on any atom is -0.380 e. The molecule has 0 unspecified atom stereocenters. The SMILES string of the molecule is O=c1[nH]c(=O)n([C@@H]2CCOC2)c2cc(NC3CCCCC3)c(F)cc12. The summed E-state index contributed by atoms with van der Waals surface area (Å²) in [7, 11) is 0. The Morgan fingerprint density at radius 1 is 1.16 bits per heavy atom. The average Bonchev–Trinajstić information content (AvgIpc) is 3.12. The number of aromatic nitrogens is 2. The zero-order valence-corrected chi connectivity index (χ0v) is 14.0. The maximum atomic E-state index is 14.5. The fourth-order valence-corrected chi connectivity index (χ4v) is 3.94. The molecule has 1 saturated carbocycles. The van der Waals surface area contributed by atoms with Crippen LogP contribution in [0.15, 0.2) is 21.7 Å². The first-order valence-corrected chi connectivity index (χ1v) is 8.96. The smallest absolute Gasteiger partial charge is 0.329 e. The van der Waals surface area contributed by atoms with Gasteiger partial charge in [0, 0.05) is 12.6 Å². The summed E-state index contributed by atoms with van der Waals surface area (Å²) < 4.78 is 21.5. The lowest BCUT2D eigenvalue weighted by Crippen LogP contribution is -2.33. The van der Waals surface area contributed by atoms with Crippen molar-refractivity contribution in [3.63, 3.8) is 0 Å². The van der Waals surface area contributed by atoms with Crippen LogP contribution in [0.1, 0.15) is 44.6 Å². The number of benzene rings is 1. The Kier molecular flexibility index (Phi) is 4.33. The molecule has 0 amide bonds. The highest BCUT2D eigenvalue weighted by Gasteiger charge is 2.23. The molecule has 2 aliphatic rings. The molecule has 0 radical (unpaired) electrons. The number of H-pyrrole nitrogens is 1. The number of nitrogens with one attached hydrogen (secondary N) is 2. The molecule has 1 aromatic heterocycles. The maximum absolute atomic E-state index is 14.5. The van der Waals surface area contributed by atoms with E-state index in [1.165, 1.54) is 17.1 Å². The van der Waals surface area contributed by atoms with Crippen LogP contribution >= 0.6 is 0 Å². The third-order valence-corrected chi connectivity index (χ3v) is 5.26. The molecule has 6 nitrogen and oxygen atoms in total. The Labute approximate surface area is 144 Å². The molecule has 1 aliphatic heterocycles. The molecule has 2 heterocycles. The highest BCUT2D eigenvalue weighted by molar-refractivity contribution is 5.82. The van der Waals surface area contributed by atoms with Gasteiger partial charge in [-0.3, -0.25) is 14.3 Å². The number of aromatic amines is 1. The van der Waals surface area contributed by atoms with Gasteiger partial charge in [0.25, 0.3) is 5.56 Å². The van der Waals surface area contributed by atoms with Crippen molar-refractivity contribution in [3.05, 3.63) is 38.8 Å². The Hall–Kier alpha value is -2.15. The molecular weight excluding hydrogens is 325 g/mol. The third kappa shape index (κ3) is 3.08. The van der Waals surface area contributed by atoms with Gasteiger partial charge in [-0.25, -0.2) is 9.18 Å². The highest BCUT2D eigenvalue weighted by Crippen LogP contribution is 2.27. The molecule has 0 bridgehead atoms. The predicted molar refractivity (Wildman–Crippen MR) is 93.8 cm³/mol. The Bertz CT molecular complexity index is 893. The summed E-state index contributed by atoms with van der Waals surface area (Å²) in [4.78, 5) is 26.8. The van der Waals surface area contributed by atoms with Gasteiger partial charge in [0.2, 0.25) is 0 Å². The van der Waals surface area contributed by atoms with Crippen molar-refractivity contribution in [3.8, 4) is 0 Å². The van der Waals surface area contributed by atoms with Crippen molar-refractivity contribution in [1.29, 1.82) is 0 Å². The first-order chi connectivity index (χ1) is 12.1. The van der Waals surface area contributed by atoms with Crippen molar-refractivity contribution >= 4 is 16.6 Å².